The maximum atomic E-state index is 12.1. The van der Waals surface area contributed by atoms with Crippen molar-refractivity contribution in [2.45, 2.75) is 33.8 Å². The first-order valence-electron chi connectivity index (χ1n) is 7.12. The molecule has 0 atom stereocenters. The van der Waals surface area contributed by atoms with Gasteiger partial charge in [-0.25, -0.2) is 9.97 Å². The Labute approximate surface area is 124 Å². The second-order valence-electron chi connectivity index (χ2n) is 5.27. The number of amides is 1. The average Bonchev–Trinajstić information content (AvgIpc) is 2.44. The van der Waals surface area contributed by atoms with Gasteiger partial charge in [-0.05, 0) is 45.9 Å². The van der Waals surface area contributed by atoms with Gasteiger partial charge in [0.15, 0.2) is 0 Å². The molecule has 2 rings (SSSR count). The lowest BCUT2D eigenvalue weighted by Gasteiger charge is -2.09. The summed E-state index contributed by atoms with van der Waals surface area (Å²) in [5, 5.41) is 2.83. The summed E-state index contributed by atoms with van der Waals surface area (Å²) in [5.74, 6) is -0.121. The van der Waals surface area contributed by atoms with E-state index in [0.717, 1.165) is 22.4 Å². The maximum Gasteiger partial charge on any atom is 0.251 e. The molecule has 1 aromatic carbocycles. The maximum absolute atomic E-state index is 12.1. The molecule has 0 unspecified atom stereocenters. The van der Waals surface area contributed by atoms with E-state index in [1.165, 1.54) is 0 Å². The summed E-state index contributed by atoms with van der Waals surface area (Å²) in [6.45, 7) is 8.78. The minimum absolute atomic E-state index is 0.121. The van der Waals surface area contributed by atoms with Crippen LogP contribution in [-0.2, 0) is 4.74 Å². The van der Waals surface area contributed by atoms with Gasteiger partial charge < -0.3 is 10.1 Å². The minimum atomic E-state index is -0.121. The second kappa shape index (κ2) is 6.63. The molecule has 0 aliphatic rings. The summed E-state index contributed by atoms with van der Waals surface area (Å²) >= 11 is 0. The van der Waals surface area contributed by atoms with Crippen LogP contribution in [0.25, 0.3) is 11.0 Å². The van der Waals surface area contributed by atoms with E-state index in [2.05, 4.69) is 15.3 Å². The molecule has 112 valence electrons. The predicted molar refractivity (Wildman–Crippen MR) is 82.4 cm³/mol. The summed E-state index contributed by atoms with van der Waals surface area (Å²) in [6.07, 6.45) is 0.170. The number of aromatic nitrogens is 2. The molecule has 0 spiro atoms. The lowest BCUT2D eigenvalue weighted by atomic mass is 10.1. The number of aryl methyl sites for hydroxylation is 2. The SMILES string of the molecule is Cc1nc2ccc(C(=O)NCCOC(C)C)cc2nc1C. The fourth-order valence-electron chi connectivity index (χ4n) is 1.93. The van der Waals surface area contributed by atoms with Crippen molar-refractivity contribution in [1.82, 2.24) is 15.3 Å². The summed E-state index contributed by atoms with van der Waals surface area (Å²) in [4.78, 5) is 21.0. The van der Waals surface area contributed by atoms with Gasteiger partial charge >= 0.3 is 0 Å². The minimum Gasteiger partial charge on any atom is -0.377 e. The van der Waals surface area contributed by atoms with Gasteiger partial charge in [-0.2, -0.15) is 0 Å². The quantitative estimate of drug-likeness (QED) is 0.858. The first-order valence-corrected chi connectivity index (χ1v) is 7.12. The topological polar surface area (TPSA) is 64.1 Å². The number of carbonyl (C=O) groups excluding carboxylic acids is 1. The Morgan fingerprint density at radius 2 is 1.86 bits per heavy atom. The number of nitrogens with zero attached hydrogens (tertiary/aromatic N) is 2. The van der Waals surface area contributed by atoms with Gasteiger partial charge in [0.1, 0.15) is 0 Å². The van der Waals surface area contributed by atoms with E-state index in [0.29, 0.717) is 18.7 Å². The number of rotatable bonds is 5. The van der Waals surface area contributed by atoms with E-state index in [1.807, 2.05) is 33.8 Å². The molecule has 5 heteroatoms. The van der Waals surface area contributed by atoms with Crippen LogP contribution in [0.3, 0.4) is 0 Å². The lowest BCUT2D eigenvalue weighted by Crippen LogP contribution is -2.28. The standard InChI is InChI=1S/C16H21N3O2/c1-10(2)21-8-7-17-16(20)13-5-6-14-15(9-13)19-12(4)11(3)18-14/h5-6,9-10H,7-8H2,1-4H3,(H,17,20). The number of carbonyl (C=O) groups is 1. The molecule has 1 amide bonds. The first-order chi connectivity index (χ1) is 9.97. The average molecular weight is 287 g/mol. The van der Waals surface area contributed by atoms with Crippen LogP contribution in [0.15, 0.2) is 18.2 Å². The highest BCUT2D eigenvalue weighted by Gasteiger charge is 2.08. The zero-order chi connectivity index (χ0) is 15.4. The Morgan fingerprint density at radius 3 is 2.52 bits per heavy atom. The molecule has 21 heavy (non-hydrogen) atoms. The van der Waals surface area contributed by atoms with Crippen molar-refractivity contribution in [3.05, 3.63) is 35.2 Å². The van der Waals surface area contributed by atoms with Crippen molar-refractivity contribution in [3.63, 3.8) is 0 Å². The number of benzene rings is 1. The third-order valence-corrected chi connectivity index (χ3v) is 3.18. The highest BCUT2D eigenvalue weighted by Crippen LogP contribution is 2.14. The molecule has 1 aromatic heterocycles. The third kappa shape index (κ3) is 3.98. The Balaban J connectivity index is 2.08. The fraction of sp³-hybridized carbons (Fsp3) is 0.438. The Hall–Kier alpha value is -2.01. The molecule has 2 aromatic rings. The van der Waals surface area contributed by atoms with Gasteiger partial charge in [-0.3, -0.25) is 4.79 Å². The van der Waals surface area contributed by atoms with Crippen LogP contribution in [-0.4, -0.2) is 35.1 Å². The third-order valence-electron chi connectivity index (χ3n) is 3.18. The van der Waals surface area contributed by atoms with Gasteiger partial charge in [0.2, 0.25) is 0 Å². The van der Waals surface area contributed by atoms with Crippen LogP contribution in [0, 0.1) is 13.8 Å². The number of ether oxygens (including phenoxy) is 1. The Bertz CT molecular complexity index is 653. The zero-order valence-corrected chi connectivity index (χ0v) is 12.9. The number of hydrogen-bond acceptors (Lipinski definition) is 4. The predicted octanol–water partition coefficient (Wildman–Crippen LogP) is 2.40. The normalized spacial score (nSPS) is 11.1. The molecule has 0 saturated carbocycles. The molecular formula is C16H21N3O2. The van der Waals surface area contributed by atoms with E-state index in [9.17, 15) is 4.79 Å². The van der Waals surface area contributed by atoms with E-state index >= 15 is 0 Å². The molecule has 0 radical (unpaired) electrons. The van der Waals surface area contributed by atoms with Crippen LogP contribution < -0.4 is 5.32 Å². The van der Waals surface area contributed by atoms with Crippen molar-refractivity contribution in [3.8, 4) is 0 Å². The van der Waals surface area contributed by atoms with Crippen LogP contribution >= 0.6 is 0 Å². The number of nitrogens with one attached hydrogen (secondary N) is 1. The Kier molecular flexibility index (Phi) is 4.85. The molecule has 0 aliphatic carbocycles. The zero-order valence-electron chi connectivity index (χ0n) is 12.9. The summed E-state index contributed by atoms with van der Waals surface area (Å²) < 4.78 is 5.39. The number of hydrogen-bond donors (Lipinski definition) is 1. The van der Waals surface area contributed by atoms with Crippen molar-refractivity contribution in [2.75, 3.05) is 13.2 Å². The molecular weight excluding hydrogens is 266 g/mol. The molecule has 0 bridgehead atoms. The fourth-order valence-corrected chi connectivity index (χ4v) is 1.93. The van der Waals surface area contributed by atoms with Crippen molar-refractivity contribution < 1.29 is 9.53 Å². The largest absolute Gasteiger partial charge is 0.377 e. The Morgan fingerprint density at radius 1 is 1.19 bits per heavy atom. The van der Waals surface area contributed by atoms with Crippen molar-refractivity contribution in [2.24, 2.45) is 0 Å². The smallest absolute Gasteiger partial charge is 0.251 e. The van der Waals surface area contributed by atoms with Crippen molar-refractivity contribution >= 4 is 16.9 Å². The van der Waals surface area contributed by atoms with Crippen LogP contribution in [0.5, 0.6) is 0 Å². The van der Waals surface area contributed by atoms with E-state index in [1.54, 1.807) is 12.1 Å². The van der Waals surface area contributed by atoms with E-state index in [4.69, 9.17) is 4.74 Å². The van der Waals surface area contributed by atoms with E-state index < -0.39 is 0 Å². The van der Waals surface area contributed by atoms with Gasteiger partial charge in [0.25, 0.3) is 5.91 Å². The molecule has 5 nitrogen and oxygen atoms in total. The molecule has 0 saturated heterocycles. The van der Waals surface area contributed by atoms with Crippen LogP contribution in [0.4, 0.5) is 0 Å². The highest BCUT2D eigenvalue weighted by atomic mass is 16.5. The van der Waals surface area contributed by atoms with Gasteiger partial charge in [-0.15, -0.1) is 0 Å². The summed E-state index contributed by atoms with van der Waals surface area (Å²) in [5.41, 5.74) is 3.92. The second-order valence-corrected chi connectivity index (χ2v) is 5.27. The van der Waals surface area contributed by atoms with Crippen LogP contribution in [0.1, 0.15) is 35.6 Å². The van der Waals surface area contributed by atoms with E-state index in [-0.39, 0.29) is 12.0 Å². The van der Waals surface area contributed by atoms with Gasteiger partial charge in [0.05, 0.1) is 35.1 Å². The first kappa shape index (κ1) is 15.4. The molecule has 1 N–H and O–H groups in total. The monoisotopic (exact) mass is 287 g/mol. The number of fused-ring (bicyclic) bond motifs is 1. The molecule has 0 fully saturated rings. The molecule has 1 heterocycles. The van der Waals surface area contributed by atoms with Gasteiger partial charge in [0, 0.05) is 12.1 Å². The highest BCUT2D eigenvalue weighted by molar-refractivity contribution is 5.97. The molecule has 0 aliphatic heterocycles. The van der Waals surface area contributed by atoms with Crippen LogP contribution in [0.2, 0.25) is 0 Å². The summed E-state index contributed by atoms with van der Waals surface area (Å²) in [6, 6.07) is 5.37. The van der Waals surface area contributed by atoms with Gasteiger partial charge in [-0.1, -0.05) is 0 Å². The summed E-state index contributed by atoms with van der Waals surface area (Å²) in [7, 11) is 0. The van der Waals surface area contributed by atoms with Crippen molar-refractivity contribution in [1.29, 1.82) is 0 Å². The lowest BCUT2D eigenvalue weighted by molar-refractivity contribution is 0.0746.